The predicted molar refractivity (Wildman–Crippen MR) is 63.1 cm³/mol. The van der Waals surface area contributed by atoms with E-state index >= 15 is 0 Å². The summed E-state index contributed by atoms with van der Waals surface area (Å²) in [5.41, 5.74) is 0. The maximum atomic E-state index is 11.0. The molecular weight excluding hydrogens is 278 g/mol. The van der Waals surface area contributed by atoms with Crippen LogP contribution in [0.2, 0.25) is 0 Å². The van der Waals surface area contributed by atoms with Crippen LogP contribution in [0.1, 0.15) is 17.7 Å². The second-order valence-corrected chi connectivity index (χ2v) is 5.51. The predicted octanol–water partition coefficient (Wildman–Crippen LogP) is 2.56. The minimum atomic E-state index is -0.694. The SMILES string of the molecule is O=C(O)[C@H]1CCCN1Cc1sccc1Br. The number of hydrogen-bond acceptors (Lipinski definition) is 3. The molecule has 0 radical (unpaired) electrons. The lowest BCUT2D eigenvalue weighted by atomic mass is 10.2. The van der Waals surface area contributed by atoms with Crippen LogP contribution in [-0.4, -0.2) is 28.6 Å². The third kappa shape index (κ3) is 2.41. The molecule has 1 aromatic heterocycles. The fraction of sp³-hybridized carbons (Fsp3) is 0.500. The Morgan fingerprint density at radius 2 is 2.53 bits per heavy atom. The molecular formula is C10H12BrNO2S. The van der Waals surface area contributed by atoms with Gasteiger partial charge in [-0.05, 0) is 46.8 Å². The minimum Gasteiger partial charge on any atom is -0.480 e. The molecule has 1 aliphatic heterocycles. The van der Waals surface area contributed by atoms with Crippen LogP contribution in [0.3, 0.4) is 0 Å². The van der Waals surface area contributed by atoms with Crippen molar-refractivity contribution in [3.05, 3.63) is 20.8 Å². The molecule has 0 unspecified atom stereocenters. The lowest BCUT2D eigenvalue weighted by Crippen LogP contribution is -2.35. The van der Waals surface area contributed by atoms with E-state index in [1.54, 1.807) is 11.3 Å². The van der Waals surface area contributed by atoms with Gasteiger partial charge in [0.1, 0.15) is 6.04 Å². The van der Waals surface area contributed by atoms with Gasteiger partial charge in [0.15, 0.2) is 0 Å². The average molecular weight is 290 g/mol. The van der Waals surface area contributed by atoms with Crippen LogP contribution in [0.15, 0.2) is 15.9 Å². The van der Waals surface area contributed by atoms with Crippen molar-refractivity contribution >= 4 is 33.2 Å². The second-order valence-electron chi connectivity index (χ2n) is 3.66. The summed E-state index contributed by atoms with van der Waals surface area (Å²) in [6, 6.07) is 1.71. The number of nitrogens with zero attached hydrogens (tertiary/aromatic N) is 1. The normalized spacial score (nSPS) is 22.1. The Hall–Kier alpha value is -0.390. The Labute approximate surface area is 101 Å². The van der Waals surface area contributed by atoms with E-state index in [0.29, 0.717) is 0 Å². The topological polar surface area (TPSA) is 40.5 Å². The van der Waals surface area contributed by atoms with E-state index in [9.17, 15) is 4.79 Å². The van der Waals surface area contributed by atoms with Crippen molar-refractivity contribution in [2.45, 2.75) is 25.4 Å². The Balaban J connectivity index is 2.06. The molecule has 3 nitrogen and oxygen atoms in total. The van der Waals surface area contributed by atoms with E-state index in [1.807, 2.05) is 16.3 Å². The van der Waals surface area contributed by atoms with Gasteiger partial charge in [-0.2, -0.15) is 0 Å². The van der Waals surface area contributed by atoms with Gasteiger partial charge in [-0.3, -0.25) is 9.69 Å². The van der Waals surface area contributed by atoms with Crippen LogP contribution >= 0.6 is 27.3 Å². The van der Waals surface area contributed by atoms with Crippen LogP contribution in [0.4, 0.5) is 0 Å². The first kappa shape index (κ1) is 11.1. The van der Waals surface area contributed by atoms with Crippen molar-refractivity contribution < 1.29 is 9.90 Å². The summed E-state index contributed by atoms with van der Waals surface area (Å²) in [5.74, 6) is -0.694. The standard InChI is InChI=1S/C10H12BrNO2S/c11-7-3-5-15-9(7)6-12-4-1-2-8(12)10(13)14/h3,5,8H,1-2,4,6H2,(H,13,14)/t8-/m1/s1. The highest BCUT2D eigenvalue weighted by atomic mass is 79.9. The first-order chi connectivity index (χ1) is 7.18. The number of hydrogen-bond donors (Lipinski definition) is 1. The van der Waals surface area contributed by atoms with E-state index in [4.69, 9.17) is 5.11 Å². The number of carbonyl (C=O) groups is 1. The monoisotopic (exact) mass is 289 g/mol. The van der Waals surface area contributed by atoms with Gasteiger partial charge in [-0.25, -0.2) is 0 Å². The van der Waals surface area contributed by atoms with Crippen molar-refractivity contribution in [1.82, 2.24) is 4.90 Å². The highest BCUT2D eigenvalue weighted by Gasteiger charge is 2.30. The van der Waals surface area contributed by atoms with Gasteiger partial charge >= 0.3 is 5.97 Å². The third-order valence-corrected chi connectivity index (χ3v) is 4.60. The van der Waals surface area contributed by atoms with E-state index in [2.05, 4.69) is 15.9 Å². The molecule has 0 amide bonds. The van der Waals surface area contributed by atoms with E-state index in [0.717, 1.165) is 30.4 Å². The number of halogens is 1. The summed E-state index contributed by atoms with van der Waals surface area (Å²) in [5, 5.41) is 11.1. The van der Waals surface area contributed by atoms with E-state index < -0.39 is 5.97 Å². The van der Waals surface area contributed by atoms with Gasteiger partial charge in [-0.1, -0.05) is 0 Å². The van der Waals surface area contributed by atoms with Crippen molar-refractivity contribution in [3.63, 3.8) is 0 Å². The Bertz CT molecular complexity index is 366. The highest BCUT2D eigenvalue weighted by Crippen LogP contribution is 2.27. The van der Waals surface area contributed by atoms with Gasteiger partial charge in [0.2, 0.25) is 0 Å². The summed E-state index contributed by atoms with van der Waals surface area (Å²) in [7, 11) is 0. The molecule has 1 atom stereocenters. The summed E-state index contributed by atoms with van der Waals surface area (Å²) in [4.78, 5) is 14.2. The molecule has 1 aromatic rings. The van der Waals surface area contributed by atoms with Crippen molar-refractivity contribution in [2.24, 2.45) is 0 Å². The molecule has 0 saturated carbocycles. The number of carboxylic acid groups (broad SMARTS) is 1. The van der Waals surface area contributed by atoms with Crippen LogP contribution in [-0.2, 0) is 11.3 Å². The van der Waals surface area contributed by atoms with Crippen LogP contribution < -0.4 is 0 Å². The zero-order valence-electron chi connectivity index (χ0n) is 8.15. The fourth-order valence-corrected chi connectivity index (χ4v) is 3.42. The number of carboxylic acids is 1. The van der Waals surface area contributed by atoms with Crippen LogP contribution in [0, 0.1) is 0 Å². The quantitative estimate of drug-likeness (QED) is 0.930. The van der Waals surface area contributed by atoms with Crippen molar-refractivity contribution in [2.75, 3.05) is 6.54 Å². The fourth-order valence-electron chi connectivity index (χ4n) is 1.92. The molecule has 1 aliphatic rings. The lowest BCUT2D eigenvalue weighted by Gasteiger charge is -2.20. The minimum absolute atomic E-state index is 0.293. The third-order valence-electron chi connectivity index (χ3n) is 2.69. The molecule has 2 heterocycles. The summed E-state index contributed by atoms with van der Waals surface area (Å²) in [6.07, 6.45) is 1.76. The molecule has 2 rings (SSSR count). The molecule has 0 aromatic carbocycles. The zero-order valence-corrected chi connectivity index (χ0v) is 10.6. The molecule has 5 heteroatoms. The smallest absolute Gasteiger partial charge is 0.320 e. The molecule has 1 saturated heterocycles. The van der Waals surface area contributed by atoms with Gasteiger partial charge in [0, 0.05) is 15.9 Å². The lowest BCUT2D eigenvalue weighted by molar-refractivity contribution is -0.142. The Morgan fingerprint density at radius 3 is 3.13 bits per heavy atom. The number of rotatable bonds is 3. The second kappa shape index (κ2) is 4.63. The van der Waals surface area contributed by atoms with Gasteiger partial charge in [0.25, 0.3) is 0 Å². The van der Waals surface area contributed by atoms with Crippen LogP contribution in [0.25, 0.3) is 0 Å². The molecule has 0 spiro atoms. The van der Waals surface area contributed by atoms with E-state index in [1.165, 1.54) is 4.88 Å². The molecule has 82 valence electrons. The first-order valence-electron chi connectivity index (χ1n) is 4.87. The van der Waals surface area contributed by atoms with E-state index in [-0.39, 0.29) is 6.04 Å². The summed E-state index contributed by atoms with van der Waals surface area (Å²) in [6.45, 7) is 1.64. The van der Waals surface area contributed by atoms with Gasteiger partial charge in [-0.15, -0.1) is 11.3 Å². The maximum absolute atomic E-state index is 11.0. The van der Waals surface area contributed by atoms with Crippen molar-refractivity contribution in [1.29, 1.82) is 0 Å². The average Bonchev–Trinajstić information content (AvgIpc) is 2.77. The van der Waals surface area contributed by atoms with Crippen LogP contribution in [0.5, 0.6) is 0 Å². The van der Waals surface area contributed by atoms with Gasteiger partial charge < -0.3 is 5.11 Å². The number of aliphatic carboxylic acids is 1. The molecule has 1 fully saturated rings. The highest BCUT2D eigenvalue weighted by molar-refractivity contribution is 9.10. The van der Waals surface area contributed by atoms with Gasteiger partial charge in [0.05, 0.1) is 0 Å². The number of likely N-dealkylation sites (tertiary alicyclic amines) is 1. The first-order valence-corrected chi connectivity index (χ1v) is 6.54. The molecule has 15 heavy (non-hydrogen) atoms. The largest absolute Gasteiger partial charge is 0.480 e. The zero-order chi connectivity index (χ0) is 10.8. The Morgan fingerprint density at radius 1 is 1.73 bits per heavy atom. The molecule has 0 bridgehead atoms. The summed E-state index contributed by atoms with van der Waals surface area (Å²) < 4.78 is 1.09. The molecule has 0 aliphatic carbocycles. The maximum Gasteiger partial charge on any atom is 0.320 e. The Kier molecular flexibility index (Phi) is 3.43. The van der Waals surface area contributed by atoms with Crippen molar-refractivity contribution in [3.8, 4) is 0 Å². The molecule has 1 N–H and O–H groups in total. The number of thiophene rings is 1. The summed E-state index contributed by atoms with van der Waals surface area (Å²) >= 11 is 5.14.